The van der Waals surface area contributed by atoms with Gasteiger partial charge < -0.3 is 9.47 Å². The first-order chi connectivity index (χ1) is 11.8. The number of aromatic nitrogens is 2. The minimum atomic E-state index is -4.35. The number of fused-ring (bicyclic) bond motifs is 1. The molecule has 2 unspecified atom stereocenters. The Hall–Kier alpha value is -1.48. The molecule has 0 saturated heterocycles. The van der Waals surface area contributed by atoms with Gasteiger partial charge in [0, 0.05) is 9.72 Å². The Morgan fingerprint density at radius 3 is 2.56 bits per heavy atom. The predicted molar refractivity (Wildman–Crippen MR) is 91.5 cm³/mol. The zero-order valence-electron chi connectivity index (χ0n) is 13.3. The minimum Gasteiger partial charge on any atom is -0.477 e. The van der Waals surface area contributed by atoms with Crippen molar-refractivity contribution in [2.75, 3.05) is 14.2 Å². The second kappa shape index (κ2) is 7.03. The highest BCUT2D eigenvalue weighted by Gasteiger charge is 2.34. The number of hydrogen-bond acceptors (Lipinski definition) is 5. The van der Waals surface area contributed by atoms with E-state index >= 15 is 0 Å². The SMILES string of the molecule is COc1ncc(C2CC(Br)c3cc(C(F)(F)F)ccc3S2)nc1OC. The van der Waals surface area contributed by atoms with Gasteiger partial charge in [-0.2, -0.15) is 13.2 Å². The van der Waals surface area contributed by atoms with Gasteiger partial charge in [-0.25, -0.2) is 9.97 Å². The van der Waals surface area contributed by atoms with Crippen LogP contribution in [-0.4, -0.2) is 24.2 Å². The molecule has 9 heteroatoms. The van der Waals surface area contributed by atoms with Crippen molar-refractivity contribution in [2.24, 2.45) is 0 Å². The second-order valence-corrected chi connectivity index (χ2v) is 7.72. The van der Waals surface area contributed by atoms with Gasteiger partial charge >= 0.3 is 6.18 Å². The Morgan fingerprint density at radius 1 is 1.20 bits per heavy atom. The molecule has 1 aromatic heterocycles. The van der Waals surface area contributed by atoms with E-state index in [1.165, 1.54) is 38.1 Å². The lowest BCUT2D eigenvalue weighted by atomic mass is 10.0. The monoisotopic (exact) mass is 434 g/mol. The van der Waals surface area contributed by atoms with Crippen LogP contribution in [-0.2, 0) is 6.18 Å². The Labute approximate surface area is 155 Å². The summed E-state index contributed by atoms with van der Waals surface area (Å²) >= 11 is 4.97. The molecule has 0 fully saturated rings. The summed E-state index contributed by atoms with van der Waals surface area (Å²) in [7, 11) is 2.95. The van der Waals surface area contributed by atoms with Crippen LogP contribution in [0, 0.1) is 0 Å². The van der Waals surface area contributed by atoms with E-state index in [0.29, 0.717) is 17.7 Å². The second-order valence-electron chi connectivity index (χ2n) is 5.37. The van der Waals surface area contributed by atoms with Gasteiger partial charge in [-0.05, 0) is 30.2 Å². The van der Waals surface area contributed by atoms with E-state index < -0.39 is 11.7 Å². The van der Waals surface area contributed by atoms with Crippen LogP contribution >= 0.6 is 27.7 Å². The fraction of sp³-hybridized carbons (Fsp3) is 0.375. The molecule has 1 aliphatic heterocycles. The molecule has 4 nitrogen and oxygen atoms in total. The fourth-order valence-electron chi connectivity index (χ4n) is 2.58. The Morgan fingerprint density at radius 2 is 1.92 bits per heavy atom. The number of nitrogens with zero attached hydrogens (tertiary/aromatic N) is 2. The van der Waals surface area contributed by atoms with Gasteiger partial charge in [-0.1, -0.05) is 15.9 Å². The molecule has 0 bridgehead atoms. The third-order valence-electron chi connectivity index (χ3n) is 3.81. The number of ether oxygens (including phenoxy) is 2. The molecular formula is C16H14BrF3N2O2S. The molecule has 0 amide bonds. The van der Waals surface area contributed by atoms with E-state index in [1.807, 2.05) is 0 Å². The summed E-state index contributed by atoms with van der Waals surface area (Å²) in [6, 6.07) is 3.82. The van der Waals surface area contributed by atoms with E-state index in [-0.39, 0.29) is 21.8 Å². The van der Waals surface area contributed by atoms with Crippen molar-refractivity contribution in [1.82, 2.24) is 9.97 Å². The molecule has 2 heterocycles. The van der Waals surface area contributed by atoms with Crippen LogP contribution < -0.4 is 9.47 Å². The first-order valence-electron chi connectivity index (χ1n) is 7.30. The number of benzene rings is 1. The average molecular weight is 435 g/mol. The van der Waals surface area contributed by atoms with Crippen LogP contribution in [0.2, 0.25) is 0 Å². The number of alkyl halides is 4. The highest BCUT2D eigenvalue weighted by atomic mass is 79.9. The first-order valence-corrected chi connectivity index (χ1v) is 9.09. The van der Waals surface area contributed by atoms with Gasteiger partial charge in [0.1, 0.15) is 0 Å². The lowest BCUT2D eigenvalue weighted by Gasteiger charge is -2.28. The quantitative estimate of drug-likeness (QED) is 0.622. The predicted octanol–water partition coefficient (Wildman–Crippen LogP) is 5.19. The molecule has 0 radical (unpaired) electrons. The van der Waals surface area contributed by atoms with Crippen molar-refractivity contribution in [3.8, 4) is 11.8 Å². The van der Waals surface area contributed by atoms with Gasteiger partial charge in [0.05, 0.1) is 36.9 Å². The van der Waals surface area contributed by atoms with Crippen LogP contribution in [0.3, 0.4) is 0 Å². The van der Waals surface area contributed by atoms with Crippen molar-refractivity contribution in [1.29, 1.82) is 0 Å². The number of thioether (sulfide) groups is 1. The summed E-state index contributed by atoms with van der Waals surface area (Å²) in [5.74, 6) is 0.572. The molecule has 0 N–H and O–H groups in total. The van der Waals surface area contributed by atoms with E-state index in [1.54, 1.807) is 6.20 Å². The fourth-order valence-corrected chi connectivity index (χ4v) is 5.04. The summed E-state index contributed by atoms with van der Waals surface area (Å²) in [5, 5.41) is -0.0547. The smallest absolute Gasteiger partial charge is 0.416 e. The molecule has 134 valence electrons. The third kappa shape index (κ3) is 3.72. The summed E-state index contributed by atoms with van der Waals surface area (Å²) in [5.41, 5.74) is 0.697. The molecule has 3 rings (SSSR count). The molecule has 2 aromatic rings. The molecular weight excluding hydrogens is 421 g/mol. The minimum absolute atomic E-state index is 0.0547. The normalized spacial score (nSPS) is 20.1. The number of methoxy groups -OCH3 is 2. The Balaban J connectivity index is 1.92. The lowest BCUT2D eigenvalue weighted by molar-refractivity contribution is -0.137. The highest BCUT2D eigenvalue weighted by Crippen LogP contribution is 2.52. The van der Waals surface area contributed by atoms with Crippen LogP contribution in [0.25, 0.3) is 0 Å². The van der Waals surface area contributed by atoms with Crippen molar-refractivity contribution in [3.05, 3.63) is 41.2 Å². The Bertz CT molecular complexity index is 788. The van der Waals surface area contributed by atoms with E-state index in [4.69, 9.17) is 9.47 Å². The summed E-state index contributed by atoms with van der Waals surface area (Å²) < 4.78 is 49.0. The topological polar surface area (TPSA) is 44.2 Å². The number of hydrogen-bond donors (Lipinski definition) is 0. The van der Waals surface area contributed by atoms with Crippen molar-refractivity contribution >= 4 is 27.7 Å². The van der Waals surface area contributed by atoms with Gasteiger partial charge in [0.25, 0.3) is 11.8 Å². The number of rotatable bonds is 3. The zero-order chi connectivity index (χ0) is 18.2. The van der Waals surface area contributed by atoms with Crippen LogP contribution in [0.15, 0.2) is 29.3 Å². The van der Waals surface area contributed by atoms with E-state index in [0.717, 1.165) is 11.0 Å². The maximum Gasteiger partial charge on any atom is 0.416 e. The third-order valence-corrected chi connectivity index (χ3v) is 6.02. The van der Waals surface area contributed by atoms with Crippen molar-refractivity contribution < 1.29 is 22.6 Å². The van der Waals surface area contributed by atoms with Crippen LogP contribution in [0.1, 0.15) is 33.3 Å². The van der Waals surface area contributed by atoms with E-state index in [9.17, 15) is 13.2 Å². The van der Waals surface area contributed by atoms with E-state index in [2.05, 4.69) is 25.9 Å². The summed E-state index contributed by atoms with van der Waals surface area (Å²) in [6.45, 7) is 0. The average Bonchev–Trinajstić information content (AvgIpc) is 2.59. The zero-order valence-corrected chi connectivity index (χ0v) is 15.7. The molecule has 0 spiro atoms. The Kier molecular flexibility index (Phi) is 5.15. The van der Waals surface area contributed by atoms with Crippen molar-refractivity contribution in [2.45, 2.75) is 27.6 Å². The number of halogens is 4. The molecule has 2 atom stereocenters. The van der Waals surface area contributed by atoms with Gasteiger partial charge in [-0.15, -0.1) is 11.8 Å². The summed E-state index contributed by atoms with van der Waals surface area (Å²) in [4.78, 5) is 9.19. The van der Waals surface area contributed by atoms with Gasteiger partial charge in [0.15, 0.2) is 0 Å². The standard InChI is InChI=1S/C16H14BrF3N2O2S/c1-23-14-15(24-2)22-11(7-21-14)13-6-10(17)9-5-8(16(18,19)20)3-4-12(9)25-13/h3-5,7,10,13H,6H2,1-2H3. The summed E-state index contributed by atoms with van der Waals surface area (Å²) in [6.07, 6.45) is -2.16. The van der Waals surface area contributed by atoms with Gasteiger partial charge in [-0.3, -0.25) is 0 Å². The van der Waals surface area contributed by atoms with Crippen LogP contribution in [0.4, 0.5) is 13.2 Å². The molecule has 0 aliphatic carbocycles. The van der Waals surface area contributed by atoms with Gasteiger partial charge in [0.2, 0.25) is 0 Å². The maximum absolute atomic E-state index is 12.9. The highest BCUT2D eigenvalue weighted by molar-refractivity contribution is 9.09. The van der Waals surface area contributed by atoms with Crippen molar-refractivity contribution in [3.63, 3.8) is 0 Å². The molecule has 1 aromatic carbocycles. The largest absolute Gasteiger partial charge is 0.477 e. The van der Waals surface area contributed by atoms with Crippen LogP contribution in [0.5, 0.6) is 11.8 Å². The first kappa shape index (κ1) is 18.3. The maximum atomic E-state index is 12.9. The molecule has 1 aliphatic rings. The molecule has 25 heavy (non-hydrogen) atoms. The molecule has 0 saturated carbocycles. The lowest BCUT2D eigenvalue weighted by Crippen LogP contribution is -2.12.